The topological polar surface area (TPSA) is 138 Å². The summed E-state index contributed by atoms with van der Waals surface area (Å²) < 4.78 is 6.28. The second-order valence-corrected chi connectivity index (χ2v) is 15.2. The summed E-state index contributed by atoms with van der Waals surface area (Å²) in [4.78, 5) is 31.5. The number of piperidine rings is 3. The van der Waals surface area contributed by atoms with Gasteiger partial charge < -0.3 is 35.3 Å². The molecule has 9 rings (SSSR count). The number of amides is 1. The molecule has 4 heterocycles. The lowest BCUT2D eigenvalue weighted by Gasteiger charge is -2.50. The number of fused-ring (bicyclic) bond motifs is 4. The number of aromatic hydroxyl groups is 1. The van der Waals surface area contributed by atoms with E-state index in [0.717, 1.165) is 78.0 Å². The predicted molar refractivity (Wildman–Crippen MR) is 222 cm³/mol. The number of aromatic amines is 1. The Kier molecular flexibility index (Phi) is 11.4. The lowest BCUT2D eigenvalue weighted by Crippen LogP contribution is -2.59. The molecule has 2 bridgehead atoms. The standard InChI is InChI=1S/C47H48N4O6/c52-42-19-17-39(40-18-20-44(54)49-45(40)42)43(53)29-48-28-32-11-15-34(16-12-32)33-13-9-31(10-14-33)23-26-57-38-8-4-7-37(27-38)46(36-5-2-1-3-6-36)51(47(55)56)41-30-50-24-21-35(41)22-25-50/h1-20,27,35,41,43,46,48,52-53H,21-26,28-30H2,(H,49,54)(H,55,56)/t41-,43+,46?/m0/s1. The van der Waals surface area contributed by atoms with Gasteiger partial charge in [-0.25, -0.2) is 4.79 Å². The van der Waals surface area contributed by atoms with Crippen LogP contribution in [0.5, 0.6) is 11.5 Å². The van der Waals surface area contributed by atoms with Gasteiger partial charge in [-0.1, -0.05) is 97.1 Å². The van der Waals surface area contributed by atoms with E-state index >= 15 is 0 Å². The number of aromatic nitrogens is 1. The molecule has 57 heavy (non-hydrogen) atoms. The Morgan fingerprint density at radius 1 is 0.842 bits per heavy atom. The van der Waals surface area contributed by atoms with Gasteiger partial charge in [0.05, 0.1) is 30.3 Å². The molecule has 6 aromatic rings. The number of hydrogen-bond donors (Lipinski definition) is 5. The van der Waals surface area contributed by atoms with Crippen molar-refractivity contribution in [2.24, 2.45) is 5.92 Å². The molecule has 3 saturated heterocycles. The Morgan fingerprint density at radius 2 is 1.54 bits per heavy atom. The molecule has 5 N–H and O–H groups in total. The number of H-pyrrole nitrogens is 1. The highest BCUT2D eigenvalue weighted by Gasteiger charge is 2.43. The Bertz CT molecular complexity index is 2360. The third-order valence-corrected chi connectivity index (χ3v) is 11.6. The maximum absolute atomic E-state index is 13.0. The summed E-state index contributed by atoms with van der Waals surface area (Å²) in [7, 11) is 0. The number of nitrogens with one attached hydrogen (secondary N) is 2. The first kappa shape index (κ1) is 38.0. The normalized spacial score (nSPS) is 18.6. The number of aliphatic hydroxyl groups excluding tert-OH is 1. The Hall–Kier alpha value is -5.94. The first-order chi connectivity index (χ1) is 27.8. The quantitative estimate of drug-likeness (QED) is 0.0769. The lowest BCUT2D eigenvalue weighted by molar-refractivity contribution is -0.000811. The van der Waals surface area contributed by atoms with Crippen LogP contribution in [0.4, 0.5) is 4.79 Å². The second-order valence-electron chi connectivity index (χ2n) is 15.2. The summed E-state index contributed by atoms with van der Waals surface area (Å²) in [5, 5.41) is 35.6. The first-order valence-electron chi connectivity index (χ1n) is 19.7. The molecule has 0 spiro atoms. The van der Waals surface area contributed by atoms with Crippen molar-refractivity contribution in [1.82, 2.24) is 20.1 Å². The van der Waals surface area contributed by atoms with Gasteiger partial charge in [-0.3, -0.25) is 9.69 Å². The summed E-state index contributed by atoms with van der Waals surface area (Å²) in [6.07, 6.45) is 1.08. The van der Waals surface area contributed by atoms with Crippen LogP contribution in [0.25, 0.3) is 22.0 Å². The maximum atomic E-state index is 13.0. The number of pyridine rings is 1. The largest absolute Gasteiger partial charge is 0.506 e. The van der Waals surface area contributed by atoms with Gasteiger partial charge in [0.2, 0.25) is 5.56 Å². The molecule has 0 saturated carbocycles. The molecule has 10 nitrogen and oxygen atoms in total. The minimum atomic E-state index is -0.889. The Balaban J connectivity index is 0.862. The third kappa shape index (κ3) is 8.58. The molecule has 3 fully saturated rings. The van der Waals surface area contributed by atoms with E-state index in [1.165, 1.54) is 12.1 Å². The highest BCUT2D eigenvalue weighted by atomic mass is 16.5. The summed E-state index contributed by atoms with van der Waals surface area (Å²) >= 11 is 0. The highest BCUT2D eigenvalue weighted by Crippen LogP contribution is 2.39. The summed E-state index contributed by atoms with van der Waals surface area (Å²) in [5.41, 5.74) is 6.93. The van der Waals surface area contributed by atoms with Crippen molar-refractivity contribution >= 4 is 17.0 Å². The van der Waals surface area contributed by atoms with Crippen molar-refractivity contribution < 1.29 is 24.9 Å². The summed E-state index contributed by atoms with van der Waals surface area (Å²) in [6.45, 7) is 4.22. The van der Waals surface area contributed by atoms with Gasteiger partial charge in [0.15, 0.2) is 0 Å². The molecule has 3 atom stereocenters. The number of ether oxygens (including phenoxy) is 1. The van der Waals surface area contributed by atoms with Crippen molar-refractivity contribution in [2.45, 2.75) is 44.0 Å². The van der Waals surface area contributed by atoms with E-state index in [1.807, 2.05) is 54.6 Å². The first-order valence-corrected chi connectivity index (χ1v) is 19.7. The highest BCUT2D eigenvalue weighted by molar-refractivity contribution is 5.87. The number of rotatable bonds is 14. The van der Waals surface area contributed by atoms with Gasteiger partial charge in [-0.05, 0) is 95.1 Å². The maximum Gasteiger partial charge on any atom is 0.408 e. The average molecular weight is 765 g/mol. The zero-order chi connectivity index (χ0) is 39.3. The Labute approximate surface area is 332 Å². The van der Waals surface area contributed by atoms with E-state index in [2.05, 4.69) is 63.7 Å². The number of hydrogen-bond acceptors (Lipinski definition) is 7. The van der Waals surface area contributed by atoms with Crippen molar-refractivity contribution in [3.63, 3.8) is 0 Å². The molecule has 1 aromatic heterocycles. The molecule has 292 valence electrons. The van der Waals surface area contributed by atoms with E-state index in [9.17, 15) is 24.9 Å². The number of phenols is 1. The van der Waals surface area contributed by atoms with Crippen LogP contribution >= 0.6 is 0 Å². The monoisotopic (exact) mass is 764 g/mol. The van der Waals surface area contributed by atoms with Gasteiger partial charge in [0.25, 0.3) is 0 Å². The number of carboxylic acid groups (broad SMARTS) is 1. The van der Waals surface area contributed by atoms with Crippen LogP contribution in [0.1, 0.15) is 52.8 Å². The van der Waals surface area contributed by atoms with Crippen LogP contribution in [-0.4, -0.2) is 75.0 Å². The third-order valence-electron chi connectivity index (χ3n) is 11.6. The minimum Gasteiger partial charge on any atom is -0.506 e. The zero-order valence-electron chi connectivity index (χ0n) is 31.8. The average Bonchev–Trinajstić information content (AvgIpc) is 3.24. The van der Waals surface area contributed by atoms with Crippen molar-refractivity contribution in [3.8, 4) is 22.6 Å². The molecular weight excluding hydrogens is 717 g/mol. The molecular formula is C47H48N4O6. The van der Waals surface area contributed by atoms with Crippen LogP contribution in [0.2, 0.25) is 0 Å². The molecule has 3 aliphatic rings. The second kappa shape index (κ2) is 17.1. The van der Waals surface area contributed by atoms with E-state index in [4.69, 9.17) is 4.74 Å². The van der Waals surface area contributed by atoms with Gasteiger partial charge in [-0.2, -0.15) is 0 Å². The molecule has 3 aliphatic heterocycles. The smallest absolute Gasteiger partial charge is 0.408 e. The number of nitrogens with zero attached hydrogens (tertiary/aromatic N) is 2. The van der Waals surface area contributed by atoms with E-state index in [-0.39, 0.29) is 17.4 Å². The predicted octanol–water partition coefficient (Wildman–Crippen LogP) is 7.51. The Morgan fingerprint density at radius 3 is 2.23 bits per heavy atom. The number of phenolic OH excluding ortho intramolecular Hbond substituents is 1. The van der Waals surface area contributed by atoms with Crippen molar-refractivity contribution in [2.75, 3.05) is 32.8 Å². The summed E-state index contributed by atoms with van der Waals surface area (Å²) in [5.74, 6) is 1.06. The zero-order valence-corrected chi connectivity index (χ0v) is 31.8. The van der Waals surface area contributed by atoms with Gasteiger partial charge in [-0.15, -0.1) is 0 Å². The fourth-order valence-corrected chi connectivity index (χ4v) is 8.59. The van der Waals surface area contributed by atoms with Crippen LogP contribution in [0, 0.1) is 5.92 Å². The molecule has 5 aromatic carbocycles. The number of aliphatic hydroxyl groups is 1. The van der Waals surface area contributed by atoms with Gasteiger partial charge in [0, 0.05) is 37.5 Å². The SMILES string of the molecule is O=C(O)N(C(c1ccccc1)c1cccc(OCCc2ccc(-c3ccc(CNC[C@@H](O)c4ccc(O)c5[nH]c(=O)ccc45)cc3)cc2)c1)[C@H]1CN2CCC1CC2. The van der Waals surface area contributed by atoms with Crippen LogP contribution in [0.15, 0.2) is 132 Å². The molecule has 1 unspecified atom stereocenters. The van der Waals surface area contributed by atoms with E-state index in [1.54, 1.807) is 17.0 Å². The fraction of sp³-hybridized carbons (Fsp3) is 0.277. The molecule has 1 amide bonds. The summed E-state index contributed by atoms with van der Waals surface area (Å²) in [6, 6.07) is 40.3. The number of benzene rings is 5. The van der Waals surface area contributed by atoms with Gasteiger partial charge >= 0.3 is 6.09 Å². The number of carbonyl (C=O) groups is 1. The minimum absolute atomic E-state index is 0.0344. The van der Waals surface area contributed by atoms with Crippen molar-refractivity contribution in [3.05, 3.63) is 166 Å². The molecule has 0 radical (unpaired) electrons. The van der Waals surface area contributed by atoms with Gasteiger partial charge in [0.1, 0.15) is 11.5 Å². The van der Waals surface area contributed by atoms with E-state index < -0.39 is 18.2 Å². The molecule has 10 heteroatoms. The fourth-order valence-electron chi connectivity index (χ4n) is 8.59. The lowest BCUT2D eigenvalue weighted by atomic mass is 9.81. The van der Waals surface area contributed by atoms with Crippen LogP contribution in [0.3, 0.4) is 0 Å². The van der Waals surface area contributed by atoms with Crippen LogP contribution < -0.4 is 15.6 Å². The van der Waals surface area contributed by atoms with Crippen molar-refractivity contribution in [1.29, 1.82) is 0 Å². The van der Waals surface area contributed by atoms with Crippen LogP contribution in [-0.2, 0) is 13.0 Å². The molecule has 0 aliphatic carbocycles. The van der Waals surface area contributed by atoms with E-state index in [0.29, 0.717) is 42.1 Å².